The first-order chi connectivity index (χ1) is 22.6. The van der Waals surface area contributed by atoms with Gasteiger partial charge in [0, 0.05) is 40.7 Å². The molecule has 0 radical (unpaired) electrons. The number of rotatable bonds is 11. The molecule has 0 fully saturated rings. The zero-order valence-corrected chi connectivity index (χ0v) is 33.4. The van der Waals surface area contributed by atoms with Gasteiger partial charge in [0.05, 0.1) is 16.2 Å². The third kappa shape index (κ3) is 11.2. The molecule has 0 bridgehead atoms. The van der Waals surface area contributed by atoms with Crippen LogP contribution in [0.15, 0.2) is 76.9 Å². The Balaban J connectivity index is 0.00000241. The quantitative estimate of drug-likeness (QED) is 0.121. The molecule has 2 aliphatic heterocycles. The summed E-state index contributed by atoms with van der Waals surface area (Å²) in [7, 11) is -4.27. The van der Waals surface area contributed by atoms with Crippen LogP contribution in [-0.4, -0.2) is 44.5 Å². The second kappa shape index (κ2) is 19.5. The molecule has 0 N–H and O–H groups in total. The summed E-state index contributed by atoms with van der Waals surface area (Å²) in [5.41, 5.74) is 6.74. The molecule has 1 aromatic rings. The SMILES string of the molecule is C.CCCC1(C)/C(=C/C=C/C=C/c2cc(C(C)(C)C)c3ccc(=[N+](CC)CC)cc-3o2)N(CCCS(=O)(=O)[O-])c2ccc(C)cc21.O=C=O.[Na+]. The van der Waals surface area contributed by atoms with Gasteiger partial charge in [0.2, 0.25) is 5.36 Å². The van der Waals surface area contributed by atoms with Crippen molar-refractivity contribution in [2.75, 3.05) is 30.3 Å². The van der Waals surface area contributed by atoms with Crippen molar-refractivity contribution < 1.29 is 56.5 Å². The Labute approximate surface area is 322 Å². The molecule has 0 spiro atoms. The van der Waals surface area contributed by atoms with Crippen molar-refractivity contribution in [2.24, 2.45) is 0 Å². The van der Waals surface area contributed by atoms with Crippen molar-refractivity contribution in [3.63, 3.8) is 0 Å². The number of hydrogen-bond acceptors (Lipinski definition) is 7. The minimum absolute atomic E-state index is 0. The van der Waals surface area contributed by atoms with Gasteiger partial charge in [-0.2, -0.15) is 9.59 Å². The van der Waals surface area contributed by atoms with Crippen LogP contribution in [0.5, 0.6) is 0 Å². The smallest absolute Gasteiger partial charge is 0.748 e. The Morgan fingerprint density at radius 3 is 2.24 bits per heavy atom. The molecule has 0 aromatic heterocycles. The topological polar surface area (TPSA) is 111 Å². The molecule has 266 valence electrons. The standard InChI is InChI=1S/C38H50N2O4S.CO2.CH4.Na/c1-9-22-38(8)33-25-28(4)18-21-34(33)40(23-15-24-45(41,42)43)36(38)17-14-12-13-16-30-27-32(37(5,6)7)31-20-19-29(26-35(31)44-30)39(10-2)11-3;2-1-3;;/h12-14,16-21,25-27H,9-11,15,22-24H2,1-8H3;;1H4;/q;;;+1. The van der Waals surface area contributed by atoms with Crippen molar-refractivity contribution >= 4 is 28.0 Å². The summed E-state index contributed by atoms with van der Waals surface area (Å²) in [6, 6.07) is 15.1. The van der Waals surface area contributed by atoms with Crippen LogP contribution in [0.4, 0.5) is 5.69 Å². The van der Waals surface area contributed by atoms with Crippen molar-refractivity contribution in [3.05, 3.63) is 100 Å². The fraction of sp³-hybridized carbons (Fsp3) is 0.450. The van der Waals surface area contributed by atoms with E-state index in [1.165, 1.54) is 16.7 Å². The summed E-state index contributed by atoms with van der Waals surface area (Å²) >= 11 is 0. The fourth-order valence-corrected chi connectivity index (χ4v) is 7.10. The van der Waals surface area contributed by atoms with Gasteiger partial charge in [0.15, 0.2) is 0 Å². The number of nitrogens with zero attached hydrogens (tertiary/aromatic N) is 2. The van der Waals surface area contributed by atoms with Crippen molar-refractivity contribution in [3.8, 4) is 11.3 Å². The molecule has 1 aromatic carbocycles. The maximum absolute atomic E-state index is 11.4. The molecule has 2 heterocycles. The molecular formula is C40H54N2NaO6S+. The molecule has 0 saturated heterocycles. The van der Waals surface area contributed by atoms with E-state index >= 15 is 0 Å². The Morgan fingerprint density at radius 1 is 1.00 bits per heavy atom. The molecular weight excluding hydrogens is 660 g/mol. The minimum Gasteiger partial charge on any atom is -0.748 e. The van der Waals surface area contributed by atoms with E-state index in [2.05, 4.69) is 113 Å². The van der Waals surface area contributed by atoms with Crippen LogP contribution in [0.1, 0.15) is 97.6 Å². The molecule has 50 heavy (non-hydrogen) atoms. The van der Waals surface area contributed by atoms with Gasteiger partial charge < -0.3 is 13.9 Å². The maximum Gasteiger partial charge on any atom is 1.00 e. The number of benzene rings is 2. The summed E-state index contributed by atoms with van der Waals surface area (Å²) in [4.78, 5) is 18.4. The van der Waals surface area contributed by atoms with Gasteiger partial charge in [-0.3, -0.25) is 0 Å². The van der Waals surface area contributed by atoms with Crippen LogP contribution in [0.25, 0.3) is 17.4 Å². The van der Waals surface area contributed by atoms with E-state index < -0.39 is 10.1 Å². The number of carbonyl (C=O) groups excluding carboxylic acids is 2. The summed E-state index contributed by atoms with van der Waals surface area (Å²) in [6.07, 6.45) is 12.7. The second-order valence-electron chi connectivity index (χ2n) is 13.4. The third-order valence-electron chi connectivity index (χ3n) is 8.86. The fourth-order valence-electron chi connectivity index (χ4n) is 6.61. The van der Waals surface area contributed by atoms with Crippen LogP contribution in [0, 0.1) is 6.92 Å². The first kappa shape index (κ1) is 45.0. The second-order valence-corrected chi connectivity index (χ2v) is 14.9. The Hall–Kier alpha value is -3.04. The Morgan fingerprint density at radius 2 is 1.66 bits per heavy atom. The molecule has 0 saturated carbocycles. The van der Waals surface area contributed by atoms with Gasteiger partial charge in [0.1, 0.15) is 24.6 Å². The number of allylic oxidation sites excluding steroid dienone is 5. The summed E-state index contributed by atoms with van der Waals surface area (Å²) in [5, 5.41) is 1.16. The number of fused-ring (bicyclic) bond motifs is 2. The first-order valence-corrected chi connectivity index (χ1v) is 18.2. The normalized spacial score (nSPS) is 16.5. The largest absolute Gasteiger partial charge is 1.00 e. The predicted octanol–water partition coefficient (Wildman–Crippen LogP) is 4.83. The van der Waals surface area contributed by atoms with Gasteiger partial charge in [0.25, 0.3) is 0 Å². The minimum atomic E-state index is -4.27. The monoisotopic (exact) mass is 713 g/mol. The van der Waals surface area contributed by atoms with Crippen molar-refractivity contribution in [2.45, 2.75) is 92.9 Å². The van der Waals surface area contributed by atoms with Gasteiger partial charge in [-0.15, -0.1) is 0 Å². The summed E-state index contributed by atoms with van der Waals surface area (Å²) < 4.78 is 42.9. The maximum atomic E-state index is 11.4. The van der Waals surface area contributed by atoms with Crippen LogP contribution in [0.3, 0.4) is 0 Å². The number of anilines is 1. The van der Waals surface area contributed by atoms with Gasteiger partial charge in [-0.25, -0.2) is 13.0 Å². The number of hydrogen-bond donors (Lipinski definition) is 0. The average Bonchev–Trinajstić information content (AvgIpc) is 3.22. The molecule has 1 atom stereocenters. The van der Waals surface area contributed by atoms with E-state index in [4.69, 9.17) is 14.0 Å². The van der Waals surface area contributed by atoms with Crippen LogP contribution < -0.4 is 44.4 Å². The zero-order chi connectivity index (χ0) is 35.7. The van der Waals surface area contributed by atoms with Crippen molar-refractivity contribution in [1.82, 2.24) is 4.58 Å². The molecule has 3 aliphatic rings. The molecule has 4 rings (SSSR count). The summed E-state index contributed by atoms with van der Waals surface area (Å²) in [5.74, 6) is 1.30. The molecule has 10 heteroatoms. The Kier molecular flexibility index (Phi) is 17.6. The van der Waals surface area contributed by atoms with Crippen LogP contribution in [0.2, 0.25) is 0 Å². The van der Waals surface area contributed by atoms with E-state index in [0.29, 0.717) is 6.54 Å². The van der Waals surface area contributed by atoms with E-state index in [1.54, 1.807) is 0 Å². The summed E-state index contributed by atoms with van der Waals surface area (Å²) in [6.45, 7) is 19.9. The first-order valence-electron chi connectivity index (χ1n) is 16.7. The average molecular weight is 714 g/mol. The molecule has 0 amide bonds. The van der Waals surface area contributed by atoms with E-state index in [0.717, 1.165) is 59.8 Å². The van der Waals surface area contributed by atoms with Crippen LogP contribution in [-0.2, 0) is 30.5 Å². The van der Waals surface area contributed by atoms with Gasteiger partial charge >= 0.3 is 35.7 Å². The number of aryl methyl sites for hydroxylation is 1. The van der Waals surface area contributed by atoms with E-state index in [1.807, 2.05) is 24.3 Å². The van der Waals surface area contributed by atoms with Crippen LogP contribution >= 0.6 is 0 Å². The molecule has 1 unspecified atom stereocenters. The zero-order valence-electron chi connectivity index (χ0n) is 30.6. The molecule has 8 nitrogen and oxygen atoms in total. The van der Waals surface area contributed by atoms with E-state index in [-0.39, 0.29) is 66.1 Å². The Bertz CT molecular complexity index is 1850. The van der Waals surface area contributed by atoms with E-state index in [9.17, 15) is 13.0 Å². The van der Waals surface area contributed by atoms with Crippen molar-refractivity contribution in [1.29, 1.82) is 0 Å². The van der Waals surface area contributed by atoms with Gasteiger partial charge in [-0.05, 0) is 87.4 Å². The predicted molar refractivity (Wildman–Crippen MR) is 198 cm³/mol. The third-order valence-corrected chi connectivity index (χ3v) is 9.65. The molecule has 1 aliphatic carbocycles. The van der Waals surface area contributed by atoms with Gasteiger partial charge in [-0.1, -0.05) is 77.5 Å².